The molecule has 0 saturated carbocycles. The van der Waals surface area contributed by atoms with E-state index in [1.165, 1.54) is 0 Å². The Morgan fingerprint density at radius 2 is 1.67 bits per heavy atom. The number of amides is 1. The quantitative estimate of drug-likeness (QED) is 0.498. The van der Waals surface area contributed by atoms with Gasteiger partial charge < -0.3 is 23.5 Å². The molecule has 0 radical (unpaired) electrons. The van der Waals surface area contributed by atoms with Crippen LogP contribution in [0.4, 0.5) is 0 Å². The molecule has 8 heteroatoms. The van der Waals surface area contributed by atoms with Crippen molar-refractivity contribution < 1.29 is 23.4 Å². The molecule has 5 rings (SSSR count). The van der Waals surface area contributed by atoms with Crippen LogP contribution < -0.4 is 14.9 Å². The summed E-state index contributed by atoms with van der Waals surface area (Å²) in [4.78, 5) is 31.6. The molecule has 0 aliphatic carbocycles. The number of benzene rings is 2. The molecule has 1 atom stereocenters. The number of hydrogen-bond donors (Lipinski definition) is 0. The molecule has 2 aromatic carbocycles. The average molecular weight is 493 g/mol. The van der Waals surface area contributed by atoms with Crippen LogP contribution in [0, 0.1) is 13.8 Å². The number of carbonyl (C=O) groups excluding carboxylic acids is 1. The van der Waals surface area contributed by atoms with E-state index in [2.05, 4.69) is 4.90 Å². The molecule has 0 N–H and O–H groups in total. The van der Waals surface area contributed by atoms with Gasteiger partial charge in [0.2, 0.25) is 5.76 Å². The topological polar surface area (TPSA) is 81.5 Å². The second kappa shape index (κ2) is 9.95. The number of methoxy groups -OCH3 is 2. The summed E-state index contributed by atoms with van der Waals surface area (Å²) in [5.41, 5.74) is 3.45. The van der Waals surface area contributed by atoms with Gasteiger partial charge in [-0.3, -0.25) is 14.5 Å². The Kier molecular flexibility index (Phi) is 6.73. The van der Waals surface area contributed by atoms with E-state index in [1.807, 2.05) is 38.1 Å². The number of morpholine rings is 1. The third-order valence-electron chi connectivity index (χ3n) is 7.28. The minimum absolute atomic E-state index is 0.127. The Bertz CT molecular complexity index is 1360. The number of ether oxygens (including phenoxy) is 3. The SMILES string of the molecule is COc1ccc(C2c3c(oc4cc(C)c(C)cc4c3=O)C(=O)N2CCCN2CCOCC2)cc1OC. The molecule has 0 spiro atoms. The lowest BCUT2D eigenvalue weighted by molar-refractivity contribution is 0.0353. The van der Waals surface area contributed by atoms with E-state index in [9.17, 15) is 9.59 Å². The predicted octanol–water partition coefficient (Wildman–Crippen LogP) is 3.69. The fraction of sp³-hybridized carbons (Fsp3) is 0.429. The van der Waals surface area contributed by atoms with Gasteiger partial charge >= 0.3 is 0 Å². The van der Waals surface area contributed by atoms with Crippen molar-refractivity contribution in [1.82, 2.24) is 9.80 Å². The van der Waals surface area contributed by atoms with Crippen LogP contribution in [0.15, 0.2) is 39.5 Å². The maximum atomic E-state index is 13.8. The van der Waals surface area contributed by atoms with E-state index in [0.717, 1.165) is 56.0 Å². The number of nitrogens with zero attached hydrogens (tertiary/aromatic N) is 2. The lowest BCUT2D eigenvalue weighted by Gasteiger charge is -2.29. The van der Waals surface area contributed by atoms with Crippen molar-refractivity contribution in [2.75, 3.05) is 53.6 Å². The summed E-state index contributed by atoms with van der Waals surface area (Å²) in [6, 6.07) is 8.65. The summed E-state index contributed by atoms with van der Waals surface area (Å²) in [7, 11) is 3.15. The zero-order chi connectivity index (χ0) is 25.4. The van der Waals surface area contributed by atoms with Crippen LogP contribution >= 0.6 is 0 Å². The van der Waals surface area contributed by atoms with Gasteiger partial charge in [-0.2, -0.15) is 0 Å². The number of fused-ring (bicyclic) bond motifs is 2. The van der Waals surface area contributed by atoms with Crippen LogP contribution in [0.25, 0.3) is 11.0 Å². The van der Waals surface area contributed by atoms with E-state index in [1.54, 1.807) is 25.2 Å². The molecule has 1 saturated heterocycles. The lowest BCUT2D eigenvalue weighted by Crippen LogP contribution is -2.38. The van der Waals surface area contributed by atoms with Crippen LogP contribution in [-0.4, -0.2) is 69.3 Å². The molecule has 3 heterocycles. The zero-order valence-corrected chi connectivity index (χ0v) is 21.3. The van der Waals surface area contributed by atoms with Crippen molar-refractivity contribution in [2.45, 2.75) is 26.3 Å². The van der Waals surface area contributed by atoms with Crippen molar-refractivity contribution in [1.29, 1.82) is 0 Å². The third-order valence-corrected chi connectivity index (χ3v) is 7.28. The smallest absolute Gasteiger partial charge is 0.290 e. The molecule has 3 aromatic rings. The molecule has 1 fully saturated rings. The number of hydrogen-bond acceptors (Lipinski definition) is 7. The monoisotopic (exact) mass is 492 g/mol. The zero-order valence-electron chi connectivity index (χ0n) is 21.3. The van der Waals surface area contributed by atoms with Crippen LogP contribution in [0.2, 0.25) is 0 Å². The Morgan fingerprint density at radius 3 is 2.39 bits per heavy atom. The standard InChI is InChI=1S/C28H32N2O6/c1-17-14-20-22(15-18(17)2)36-27-24(26(20)31)25(19-6-7-21(33-3)23(16-19)34-4)30(28(27)32)9-5-8-29-10-12-35-13-11-29/h6-7,14-16,25H,5,8-13H2,1-4H3. The molecule has 0 bridgehead atoms. The van der Waals surface area contributed by atoms with Gasteiger partial charge in [0.25, 0.3) is 5.91 Å². The molecule has 190 valence electrons. The number of rotatable bonds is 7. The van der Waals surface area contributed by atoms with Crippen LogP contribution in [0.3, 0.4) is 0 Å². The summed E-state index contributed by atoms with van der Waals surface area (Å²) < 4.78 is 22.5. The highest BCUT2D eigenvalue weighted by molar-refractivity contribution is 5.99. The minimum Gasteiger partial charge on any atom is -0.493 e. The van der Waals surface area contributed by atoms with Gasteiger partial charge in [-0.25, -0.2) is 0 Å². The van der Waals surface area contributed by atoms with E-state index in [4.69, 9.17) is 18.6 Å². The Morgan fingerprint density at radius 1 is 0.944 bits per heavy atom. The Labute approximate surface area is 210 Å². The largest absolute Gasteiger partial charge is 0.493 e. The van der Waals surface area contributed by atoms with Crippen molar-refractivity contribution in [2.24, 2.45) is 0 Å². The molecule has 2 aliphatic rings. The van der Waals surface area contributed by atoms with Crippen molar-refractivity contribution in [3.63, 3.8) is 0 Å². The molecule has 36 heavy (non-hydrogen) atoms. The normalized spacial score (nSPS) is 18.1. The van der Waals surface area contributed by atoms with Crippen molar-refractivity contribution in [3.05, 3.63) is 68.6 Å². The van der Waals surface area contributed by atoms with Gasteiger partial charge in [0.15, 0.2) is 16.9 Å². The van der Waals surface area contributed by atoms with Crippen LogP contribution in [0.1, 0.15) is 45.3 Å². The highest BCUT2D eigenvalue weighted by Crippen LogP contribution is 2.41. The summed E-state index contributed by atoms with van der Waals surface area (Å²) in [6.45, 7) is 8.51. The molecule has 1 amide bonds. The summed E-state index contributed by atoms with van der Waals surface area (Å²) in [5, 5.41) is 0.491. The van der Waals surface area contributed by atoms with Gasteiger partial charge in [-0.1, -0.05) is 6.07 Å². The van der Waals surface area contributed by atoms with Gasteiger partial charge in [0.1, 0.15) is 5.58 Å². The van der Waals surface area contributed by atoms with E-state index in [0.29, 0.717) is 34.6 Å². The fourth-order valence-electron chi connectivity index (χ4n) is 5.17. The highest BCUT2D eigenvalue weighted by atomic mass is 16.5. The Balaban J connectivity index is 1.58. The molecule has 2 aliphatic heterocycles. The first-order valence-corrected chi connectivity index (χ1v) is 12.3. The average Bonchev–Trinajstić information content (AvgIpc) is 3.17. The van der Waals surface area contributed by atoms with Gasteiger partial charge in [-0.05, 0) is 61.2 Å². The highest BCUT2D eigenvalue weighted by Gasteiger charge is 2.42. The molecular formula is C28H32N2O6. The third kappa shape index (κ3) is 4.24. The molecule has 8 nitrogen and oxygen atoms in total. The first-order valence-electron chi connectivity index (χ1n) is 12.3. The van der Waals surface area contributed by atoms with Crippen molar-refractivity contribution >= 4 is 16.9 Å². The summed E-state index contributed by atoms with van der Waals surface area (Å²) in [6.07, 6.45) is 0.773. The number of carbonyl (C=O) groups is 1. The molecule has 1 unspecified atom stereocenters. The van der Waals surface area contributed by atoms with Crippen LogP contribution in [0.5, 0.6) is 11.5 Å². The fourth-order valence-corrected chi connectivity index (χ4v) is 5.17. The second-order valence-corrected chi connectivity index (χ2v) is 9.43. The van der Waals surface area contributed by atoms with E-state index >= 15 is 0 Å². The van der Waals surface area contributed by atoms with E-state index < -0.39 is 6.04 Å². The Hall–Kier alpha value is -3.36. The van der Waals surface area contributed by atoms with Crippen molar-refractivity contribution in [3.8, 4) is 11.5 Å². The van der Waals surface area contributed by atoms with Gasteiger partial charge in [0, 0.05) is 26.2 Å². The van der Waals surface area contributed by atoms with E-state index in [-0.39, 0.29) is 17.1 Å². The van der Waals surface area contributed by atoms with Crippen LogP contribution in [-0.2, 0) is 4.74 Å². The lowest BCUT2D eigenvalue weighted by atomic mass is 9.97. The van der Waals surface area contributed by atoms with Gasteiger partial charge in [0.05, 0.1) is 44.4 Å². The minimum atomic E-state index is -0.570. The summed E-state index contributed by atoms with van der Waals surface area (Å²) >= 11 is 0. The summed E-state index contributed by atoms with van der Waals surface area (Å²) in [5.74, 6) is 0.994. The second-order valence-electron chi connectivity index (χ2n) is 9.43. The first-order chi connectivity index (χ1) is 17.4. The molecule has 1 aromatic heterocycles. The first kappa shape index (κ1) is 24.3. The maximum absolute atomic E-state index is 13.8. The molecular weight excluding hydrogens is 460 g/mol. The predicted molar refractivity (Wildman–Crippen MR) is 136 cm³/mol. The maximum Gasteiger partial charge on any atom is 0.290 e. The van der Waals surface area contributed by atoms with Gasteiger partial charge in [-0.15, -0.1) is 0 Å². The number of aryl methyl sites for hydroxylation is 2.